The van der Waals surface area contributed by atoms with E-state index in [0.29, 0.717) is 23.6 Å². The Labute approximate surface area is 192 Å². The van der Waals surface area contributed by atoms with Gasteiger partial charge < -0.3 is 9.84 Å². The SMILES string of the molecule is COc1ccc(CN(c2ncc(C(F)(F)F)cc2Cl)S(=O)(=O)c2ccc(C(=O)O)cc2)cc1. The Morgan fingerprint density at radius 1 is 1.12 bits per heavy atom. The van der Waals surface area contributed by atoms with Crippen molar-refractivity contribution in [2.45, 2.75) is 17.6 Å². The third kappa shape index (κ3) is 5.37. The van der Waals surface area contributed by atoms with E-state index in [9.17, 15) is 26.4 Å². The van der Waals surface area contributed by atoms with Gasteiger partial charge in [0.1, 0.15) is 5.75 Å². The second-order valence-corrected chi connectivity index (χ2v) is 8.99. The molecular formula is C21H16ClF3N2O5S. The lowest BCUT2D eigenvalue weighted by Crippen LogP contribution is -2.31. The molecule has 2 aromatic carbocycles. The third-order valence-corrected chi connectivity index (χ3v) is 6.59. The van der Waals surface area contributed by atoms with E-state index in [1.54, 1.807) is 24.3 Å². The number of nitrogens with zero attached hydrogens (tertiary/aromatic N) is 2. The Bertz CT molecular complexity index is 1260. The highest BCUT2D eigenvalue weighted by molar-refractivity contribution is 7.92. The predicted octanol–water partition coefficient (Wildman–Crippen LogP) is 4.86. The third-order valence-electron chi connectivity index (χ3n) is 4.56. The minimum absolute atomic E-state index is 0.138. The molecule has 0 saturated carbocycles. The van der Waals surface area contributed by atoms with Gasteiger partial charge in [0.2, 0.25) is 0 Å². The lowest BCUT2D eigenvalue weighted by molar-refractivity contribution is -0.137. The Balaban J connectivity index is 2.11. The van der Waals surface area contributed by atoms with Crippen LogP contribution in [0.1, 0.15) is 21.5 Å². The molecule has 0 aliphatic heterocycles. The zero-order valence-electron chi connectivity index (χ0n) is 16.9. The van der Waals surface area contributed by atoms with E-state index in [2.05, 4.69) is 4.98 Å². The first-order chi connectivity index (χ1) is 15.4. The predicted molar refractivity (Wildman–Crippen MR) is 114 cm³/mol. The summed E-state index contributed by atoms with van der Waals surface area (Å²) in [5.41, 5.74) is -0.801. The number of benzene rings is 2. The summed E-state index contributed by atoms with van der Waals surface area (Å²) >= 11 is 6.04. The number of hydrogen-bond acceptors (Lipinski definition) is 5. The Kier molecular flexibility index (Phi) is 6.84. The van der Waals surface area contributed by atoms with Crippen molar-refractivity contribution in [2.24, 2.45) is 0 Å². The van der Waals surface area contributed by atoms with Crippen molar-refractivity contribution in [1.29, 1.82) is 0 Å². The average molecular weight is 501 g/mol. The number of halogens is 4. The summed E-state index contributed by atoms with van der Waals surface area (Å²) in [4.78, 5) is 14.5. The molecule has 0 bridgehead atoms. The highest BCUT2D eigenvalue weighted by Crippen LogP contribution is 2.36. The number of ether oxygens (including phenoxy) is 1. The van der Waals surface area contributed by atoms with Gasteiger partial charge in [-0.15, -0.1) is 0 Å². The van der Waals surface area contributed by atoms with Crippen LogP contribution in [-0.2, 0) is 22.7 Å². The van der Waals surface area contributed by atoms with E-state index >= 15 is 0 Å². The van der Waals surface area contributed by atoms with Gasteiger partial charge >= 0.3 is 12.1 Å². The first kappa shape index (κ1) is 24.3. The van der Waals surface area contributed by atoms with Gasteiger partial charge in [0.15, 0.2) is 5.82 Å². The molecule has 0 aliphatic carbocycles. The lowest BCUT2D eigenvalue weighted by Gasteiger charge is -2.25. The summed E-state index contributed by atoms with van der Waals surface area (Å²) in [6, 6.07) is 11.3. The van der Waals surface area contributed by atoms with Gasteiger partial charge in [-0.25, -0.2) is 22.5 Å². The van der Waals surface area contributed by atoms with Crippen LogP contribution in [0.15, 0.2) is 65.7 Å². The van der Waals surface area contributed by atoms with Crippen molar-refractivity contribution in [1.82, 2.24) is 4.98 Å². The maximum Gasteiger partial charge on any atom is 0.417 e. The molecule has 7 nitrogen and oxygen atoms in total. The van der Waals surface area contributed by atoms with Gasteiger partial charge in [0.05, 0.1) is 34.7 Å². The number of aromatic nitrogens is 1. The van der Waals surface area contributed by atoms with Crippen LogP contribution in [0, 0.1) is 0 Å². The fourth-order valence-electron chi connectivity index (χ4n) is 2.84. The fraction of sp³-hybridized carbons (Fsp3) is 0.143. The van der Waals surface area contributed by atoms with E-state index in [0.717, 1.165) is 28.6 Å². The molecular weight excluding hydrogens is 485 g/mol. The molecule has 0 spiro atoms. The molecule has 1 aromatic heterocycles. The number of anilines is 1. The minimum Gasteiger partial charge on any atom is -0.497 e. The number of aromatic carboxylic acids is 1. The second kappa shape index (κ2) is 9.28. The number of carboxylic acids is 1. The van der Waals surface area contributed by atoms with Crippen molar-refractivity contribution in [2.75, 3.05) is 11.4 Å². The van der Waals surface area contributed by atoms with Crippen LogP contribution in [0.2, 0.25) is 5.02 Å². The zero-order chi connectivity index (χ0) is 24.4. The maximum atomic E-state index is 13.4. The van der Waals surface area contributed by atoms with Crippen LogP contribution >= 0.6 is 11.6 Å². The van der Waals surface area contributed by atoms with Crippen LogP contribution in [0.4, 0.5) is 19.0 Å². The standard InChI is InChI=1S/C21H16ClF3N2O5S/c1-32-16-6-2-13(3-7-16)12-27(19-18(22)10-15(11-26-19)21(23,24)25)33(30,31)17-8-4-14(5-9-17)20(28)29/h2-11H,12H2,1H3,(H,28,29). The number of carboxylic acid groups (broad SMARTS) is 1. The molecule has 12 heteroatoms. The van der Waals surface area contributed by atoms with Crippen molar-refractivity contribution in [3.8, 4) is 5.75 Å². The smallest absolute Gasteiger partial charge is 0.417 e. The monoisotopic (exact) mass is 500 g/mol. The van der Waals surface area contributed by atoms with E-state index in [1.807, 2.05) is 0 Å². The Morgan fingerprint density at radius 2 is 1.73 bits per heavy atom. The number of sulfonamides is 1. The number of rotatable bonds is 7. The van der Waals surface area contributed by atoms with Gasteiger partial charge in [-0.1, -0.05) is 23.7 Å². The van der Waals surface area contributed by atoms with Gasteiger partial charge in [-0.2, -0.15) is 13.2 Å². The van der Waals surface area contributed by atoms with E-state index < -0.39 is 38.6 Å². The van der Waals surface area contributed by atoms with Crippen LogP contribution < -0.4 is 9.04 Å². The molecule has 0 atom stereocenters. The lowest BCUT2D eigenvalue weighted by atomic mass is 10.2. The van der Waals surface area contributed by atoms with Crippen molar-refractivity contribution < 1.29 is 36.2 Å². The first-order valence-electron chi connectivity index (χ1n) is 9.15. The summed E-state index contributed by atoms with van der Waals surface area (Å²) in [5, 5.41) is 8.52. The van der Waals surface area contributed by atoms with Crippen molar-refractivity contribution >= 4 is 33.4 Å². The fourth-order valence-corrected chi connectivity index (χ4v) is 4.58. The van der Waals surface area contributed by atoms with E-state index in [-0.39, 0.29) is 17.0 Å². The Morgan fingerprint density at radius 3 is 2.21 bits per heavy atom. The number of alkyl halides is 3. The Hall–Kier alpha value is -3.31. The van der Waals surface area contributed by atoms with Crippen LogP contribution in [0.25, 0.3) is 0 Å². The number of methoxy groups -OCH3 is 1. The summed E-state index contributed by atoms with van der Waals surface area (Å²) in [6.07, 6.45) is -4.23. The summed E-state index contributed by atoms with van der Waals surface area (Å²) in [5.74, 6) is -1.15. The summed E-state index contributed by atoms with van der Waals surface area (Å²) < 4.78 is 71.7. The molecule has 0 fully saturated rings. The van der Waals surface area contributed by atoms with Gasteiger partial charge in [0.25, 0.3) is 10.0 Å². The largest absolute Gasteiger partial charge is 0.497 e. The van der Waals surface area contributed by atoms with Gasteiger partial charge in [-0.3, -0.25) is 0 Å². The molecule has 0 unspecified atom stereocenters. The number of pyridine rings is 1. The maximum absolute atomic E-state index is 13.4. The minimum atomic E-state index is -4.72. The molecule has 0 amide bonds. The highest BCUT2D eigenvalue weighted by atomic mass is 35.5. The average Bonchev–Trinajstić information content (AvgIpc) is 2.77. The van der Waals surface area contributed by atoms with Crippen molar-refractivity contribution in [3.63, 3.8) is 0 Å². The summed E-state index contributed by atoms with van der Waals surface area (Å²) in [6.45, 7) is -0.314. The van der Waals surface area contributed by atoms with Gasteiger partial charge in [0, 0.05) is 6.20 Å². The topological polar surface area (TPSA) is 96.8 Å². The summed E-state index contributed by atoms with van der Waals surface area (Å²) in [7, 11) is -2.94. The molecule has 33 heavy (non-hydrogen) atoms. The van der Waals surface area contributed by atoms with E-state index in [1.165, 1.54) is 7.11 Å². The molecule has 3 aromatic rings. The zero-order valence-corrected chi connectivity index (χ0v) is 18.4. The molecule has 174 valence electrons. The van der Waals surface area contributed by atoms with E-state index in [4.69, 9.17) is 21.4 Å². The van der Waals surface area contributed by atoms with Crippen LogP contribution in [0.5, 0.6) is 5.75 Å². The van der Waals surface area contributed by atoms with Crippen LogP contribution in [-0.4, -0.2) is 31.6 Å². The molecule has 1 heterocycles. The number of carbonyl (C=O) groups is 1. The molecule has 0 saturated heterocycles. The second-order valence-electron chi connectivity index (χ2n) is 6.72. The molecule has 3 rings (SSSR count). The number of hydrogen-bond donors (Lipinski definition) is 1. The van der Waals surface area contributed by atoms with Gasteiger partial charge in [-0.05, 0) is 48.0 Å². The van der Waals surface area contributed by atoms with Crippen LogP contribution in [0.3, 0.4) is 0 Å². The molecule has 0 radical (unpaired) electrons. The van der Waals surface area contributed by atoms with Crippen molar-refractivity contribution in [3.05, 3.63) is 82.5 Å². The first-order valence-corrected chi connectivity index (χ1v) is 11.0. The molecule has 1 N–H and O–H groups in total. The quantitative estimate of drug-likeness (QED) is 0.498. The highest BCUT2D eigenvalue weighted by Gasteiger charge is 2.34. The molecule has 0 aliphatic rings. The normalized spacial score (nSPS) is 11.8.